The highest BCUT2D eigenvalue weighted by molar-refractivity contribution is 9.10. The Kier molecular flexibility index (Phi) is 6.86. The van der Waals surface area contributed by atoms with Crippen molar-refractivity contribution in [2.75, 3.05) is 4.90 Å². The predicted octanol–water partition coefficient (Wildman–Crippen LogP) is 5.85. The number of carbonyl (C=O) groups excluding carboxylic acids is 1. The summed E-state index contributed by atoms with van der Waals surface area (Å²) < 4.78 is 2.08. The summed E-state index contributed by atoms with van der Waals surface area (Å²) in [6.45, 7) is 3.54. The van der Waals surface area contributed by atoms with Gasteiger partial charge >= 0.3 is 5.97 Å². The van der Waals surface area contributed by atoms with Gasteiger partial charge in [0.05, 0.1) is 16.3 Å². The predicted molar refractivity (Wildman–Crippen MR) is 122 cm³/mol. The van der Waals surface area contributed by atoms with Gasteiger partial charge in [-0.25, -0.2) is 14.5 Å². The van der Waals surface area contributed by atoms with Crippen LogP contribution in [0.3, 0.4) is 0 Å². The monoisotopic (exact) mass is 574 g/mol. The number of amides is 1. The van der Waals surface area contributed by atoms with Gasteiger partial charge in [0.25, 0.3) is 5.91 Å². The molecule has 0 aliphatic rings. The molecule has 3 rings (SSSR count). The first-order valence-corrected chi connectivity index (χ1v) is 10.9. The summed E-state index contributed by atoms with van der Waals surface area (Å²) in [5, 5.41) is 14.5. The highest BCUT2D eigenvalue weighted by atomic mass is 79.9. The van der Waals surface area contributed by atoms with Gasteiger partial charge in [-0.15, -0.1) is 0 Å². The van der Waals surface area contributed by atoms with Gasteiger partial charge in [0.1, 0.15) is 10.3 Å². The van der Waals surface area contributed by atoms with E-state index in [1.807, 2.05) is 0 Å². The van der Waals surface area contributed by atoms with Gasteiger partial charge in [0, 0.05) is 27.8 Å². The first-order valence-electron chi connectivity index (χ1n) is 8.54. The quantitative estimate of drug-likeness (QED) is 0.411. The Morgan fingerprint density at radius 1 is 1.20 bits per heavy atom. The summed E-state index contributed by atoms with van der Waals surface area (Å²) in [5.41, 5.74) is 0.217. The fourth-order valence-electron chi connectivity index (χ4n) is 2.89. The van der Waals surface area contributed by atoms with E-state index in [0.29, 0.717) is 14.1 Å². The van der Waals surface area contributed by atoms with Crippen LogP contribution in [0.5, 0.6) is 0 Å². The molecule has 1 aromatic carbocycles. The SMILES string of the molecule is CC(C)N(C(=O)c1cc(Br)nn1-c1ncccc1Cl)c1c(Br)cc(Cl)cc1C(=O)O. The molecule has 1 amide bonds. The first-order chi connectivity index (χ1) is 14.1. The van der Waals surface area contributed by atoms with Crippen molar-refractivity contribution in [3.63, 3.8) is 0 Å². The smallest absolute Gasteiger partial charge is 0.337 e. The Morgan fingerprint density at radius 2 is 1.90 bits per heavy atom. The maximum Gasteiger partial charge on any atom is 0.337 e. The van der Waals surface area contributed by atoms with Gasteiger partial charge in [-0.1, -0.05) is 23.2 Å². The third-order valence-corrected chi connectivity index (χ3v) is 5.58. The van der Waals surface area contributed by atoms with Crippen molar-refractivity contribution in [3.05, 3.63) is 66.9 Å². The van der Waals surface area contributed by atoms with E-state index in [0.717, 1.165) is 0 Å². The molecule has 3 aromatic rings. The summed E-state index contributed by atoms with van der Waals surface area (Å²) in [7, 11) is 0. The molecule has 0 atom stereocenters. The van der Waals surface area contributed by atoms with Crippen LogP contribution in [0, 0.1) is 0 Å². The molecule has 0 unspecified atom stereocenters. The molecule has 0 radical (unpaired) electrons. The summed E-state index contributed by atoms with van der Waals surface area (Å²) in [6.07, 6.45) is 1.53. The lowest BCUT2D eigenvalue weighted by Crippen LogP contribution is -2.39. The van der Waals surface area contributed by atoms with E-state index in [1.54, 1.807) is 26.0 Å². The van der Waals surface area contributed by atoms with Crippen LogP contribution in [0.2, 0.25) is 10.0 Å². The number of rotatable bonds is 5. The second-order valence-corrected chi connectivity index (χ2v) is 8.94. The number of aromatic nitrogens is 3. The van der Waals surface area contributed by atoms with Gasteiger partial charge in [-0.3, -0.25) is 4.79 Å². The summed E-state index contributed by atoms with van der Waals surface area (Å²) >= 11 is 18.9. The lowest BCUT2D eigenvalue weighted by atomic mass is 10.1. The minimum Gasteiger partial charge on any atom is -0.478 e. The van der Waals surface area contributed by atoms with Gasteiger partial charge < -0.3 is 10.0 Å². The lowest BCUT2D eigenvalue weighted by Gasteiger charge is -2.29. The zero-order valence-corrected chi connectivity index (χ0v) is 20.3. The number of nitrogens with zero attached hydrogens (tertiary/aromatic N) is 4. The van der Waals surface area contributed by atoms with Crippen LogP contribution in [-0.2, 0) is 0 Å². The Hall–Kier alpha value is -1.94. The van der Waals surface area contributed by atoms with Crippen molar-refractivity contribution in [1.82, 2.24) is 14.8 Å². The third kappa shape index (κ3) is 4.39. The second-order valence-electron chi connectivity index (χ2n) is 6.43. The molecule has 0 saturated heterocycles. The standard InChI is InChI=1S/C19H14Br2Cl2N4O3/c1-9(2)26(16-11(19(29)30)6-10(22)7-12(16)20)18(28)14-8-15(21)25-27(14)17-13(23)4-3-5-24-17/h3-9H,1-2H3,(H,29,30). The molecule has 0 spiro atoms. The molecule has 0 aliphatic carbocycles. The summed E-state index contributed by atoms with van der Waals surface area (Å²) in [4.78, 5) is 31.1. The fourth-order valence-corrected chi connectivity index (χ4v) is 4.47. The lowest BCUT2D eigenvalue weighted by molar-refractivity contribution is 0.0697. The van der Waals surface area contributed by atoms with E-state index < -0.39 is 17.9 Å². The number of aromatic carboxylic acids is 1. The number of hydrogen-bond donors (Lipinski definition) is 1. The maximum atomic E-state index is 13.6. The number of anilines is 1. The zero-order valence-electron chi connectivity index (χ0n) is 15.6. The maximum absolute atomic E-state index is 13.6. The molecule has 2 heterocycles. The van der Waals surface area contributed by atoms with Crippen molar-refractivity contribution in [2.24, 2.45) is 0 Å². The molecule has 0 bridgehead atoms. The van der Waals surface area contributed by atoms with Crippen molar-refractivity contribution in [1.29, 1.82) is 0 Å². The van der Waals surface area contributed by atoms with E-state index in [-0.39, 0.29) is 27.8 Å². The van der Waals surface area contributed by atoms with Gasteiger partial charge in [0.15, 0.2) is 5.82 Å². The fraction of sp³-hybridized carbons (Fsp3) is 0.158. The van der Waals surface area contributed by atoms with Crippen molar-refractivity contribution in [3.8, 4) is 5.82 Å². The van der Waals surface area contributed by atoms with Crippen molar-refractivity contribution in [2.45, 2.75) is 19.9 Å². The number of halogens is 4. The number of hydrogen-bond acceptors (Lipinski definition) is 4. The Bertz CT molecular complexity index is 1150. The van der Waals surface area contributed by atoms with Crippen LogP contribution < -0.4 is 4.90 Å². The number of pyridine rings is 1. The zero-order chi connectivity index (χ0) is 22.2. The van der Waals surface area contributed by atoms with Gasteiger partial charge in [-0.05, 0) is 70.0 Å². The average molecular weight is 577 g/mol. The van der Waals surface area contributed by atoms with Crippen molar-refractivity contribution < 1.29 is 14.7 Å². The summed E-state index contributed by atoms with van der Waals surface area (Å²) in [5.74, 6) is -1.44. The molecule has 11 heteroatoms. The average Bonchev–Trinajstić information content (AvgIpc) is 3.04. The largest absolute Gasteiger partial charge is 0.478 e. The first kappa shape index (κ1) is 22.7. The molecule has 7 nitrogen and oxygen atoms in total. The molecule has 1 N–H and O–H groups in total. The molecule has 2 aromatic heterocycles. The van der Waals surface area contributed by atoms with E-state index in [4.69, 9.17) is 23.2 Å². The Balaban J connectivity index is 2.22. The topological polar surface area (TPSA) is 88.3 Å². The van der Waals surface area contributed by atoms with Crippen LogP contribution in [0.15, 0.2) is 45.6 Å². The van der Waals surface area contributed by atoms with Crippen LogP contribution in [0.25, 0.3) is 5.82 Å². The van der Waals surface area contributed by atoms with E-state index in [9.17, 15) is 14.7 Å². The van der Waals surface area contributed by atoms with Crippen LogP contribution >= 0.6 is 55.1 Å². The summed E-state index contributed by atoms with van der Waals surface area (Å²) in [6, 6.07) is 7.26. The third-order valence-electron chi connectivity index (χ3n) is 4.07. The molecule has 0 aliphatic heterocycles. The number of benzene rings is 1. The second kappa shape index (κ2) is 9.05. The molecule has 30 heavy (non-hydrogen) atoms. The van der Waals surface area contributed by atoms with Crippen molar-refractivity contribution >= 4 is 72.6 Å². The molecular formula is C19H14Br2Cl2N4O3. The number of carboxylic acid groups (broad SMARTS) is 1. The number of carbonyl (C=O) groups is 2. The van der Waals surface area contributed by atoms with E-state index in [2.05, 4.69) is 41.9 Å². The molecule has 156 valence electrons. The van der Waals surface area contributed by atoms with E-state index >= 15 is 0 Å². The normalized spacial score (nSPS) is 11.0. The molecular weight excluding hydrogens is 563 g/mol. The highest BCUT2D eigenvalue weighted by Crippen LogP contribution is 2.36. The highest BCUT2D eigenvalue weighted by Gasteiger charge is 2.31. The van der Waals surface area contributed by atoms with Crippen LogP contribution in [-0.4, -0.2) is 37.8 Å². The van der Waals surface area contributed by atoms with Crippen LogP contribution in [0.1, 0.15) is 34.7 Å². The van der Waals surface area contributed by atoms with Crippen LogP contribution in [0.4, 0.5) is 5.69 Å². The van der Waals surface area contributed by atoms with E-state index in [1.165, 1.54) is 34.0 Å². The Labute approximate surface area is 198 Å². The van der Waals surface area contributed by atoms with Gasteiger partial charge in [0.2, 0.25) is 0 Å². The number of carboxylic acids is 1. The minimum atomic E-state index is -1.21. The molecule has 0 fully saturated rings. The van der Waals surface area contributed by atoms with Gasteiger partial charge in [-0.2, -0.15) is 5.10 Å². The minimum absolute atomic E-state index is 0.113. The Morgan fingerprint density at radius 3 is 2.50 bits per heavy atom. The molecule has 0 saturated carbocycles.